The number of carbonyl (C=O) groups is 1. The van der Waals surface area contributed by atoms with Crippen LogP contribution in [0.1, 0.15) is 5.69 Å². The molecule has 1 heterocycles. The van der Waals surface area contributed by atoms with Crippen LogP contribution in [0.25, 0.3) is 0 Å². The van der Waals surface area contributed by atoms with E-state index in [1.54, 1.807) is 13.2 Å². The number of carbonyl (C=O) groups excluding carboxylic acids is 1. The Bertz CT molecular complexity index is 266. The van der Waals surface area contributed by atoms with Crippen molar-refractivity contribution in [2.24, 2.45) is 0 Å². The molecule has 0 unspecified atom stereocenters. The van der Waals surface area contributed by atoms with E-state index in [2.05, 4.69) is 15.6 Å². The Morgan fingerprint density at radius 3 is 2.86 bits per heavy atom. The van der Waals surface area contributed by atoms with E-state index < -0.39 is 0 Å². The Labute approximate surface area is 89.5 Å². The van der Waals surface area contributed by atoms with Gasteiger partial charge < -0.3 is 10.6 Å². The van der Waals surface area contributed by atoms with Gasteiger partial charge in [0.25, 0.3) is 0 Å². The van der Waals surface area contributed by atoms with Gasteiger partial charge in [0.2, 0.25) is 5.91 Å². The molecule has 0 aliphatic rings. The maximum absolute atomic E-state index is 11.0. The second-order valence-corrected chi connectivity index (χ2v) is 2.63. The van der Waals surface area contributed by atoms with Crippen LogP contribution in [0.15, 0.2) is 24.4 Å². The molecule has 0 aliphatic heterocycles. The molecule has 1 aromatic rings. The van der Waals surface area contributed by atoms with E-state index in [0.29, 0.717) is 13.1 Å². The van der Waals surface area contributed by atoms with Crippen molar-refractivity contribution in [1.29, 1.82) is 0 Å². The van der Waals surface area contributed by atoms with Crippen molar-refractivity contribution in [2.75, 3.05) is 13.6 Å². The highest BCUT2D eigenvalue weighted by molar-refractivity contribution is 5.85. The van der Waals surface area contributed by atoms with Gasteiger partial charge in [-0.15, -0.1) is 12.4 Å². The van der Waals surface area contributed by atoms with Crippen LogP contribution in [0.2, 0.25) is 0 Å². The summed E-state index contributed by atoms with van der Waals surface area (Å²) in [5.41, 5.74) is 0.868. The molecule has 0 atom stereocenters. The number of hydrogen-bond donors (Lipinski definition) is 2. The molecule has 0 radical (unpaired) electrons. The lowest BCUT2D eigenvalue weighted by atomic mass is 10.3. The molecule has 4 nitrogen and oxygen atoms in total. The Hall–Kier alpha value is -1.13. The van der Waals surface area contributed by atoms with E-state index in [4.69, 9.17) is 0 Å². The first-order chi connectivity index (χ1) is 6.33. The summed E-state index contributed by atoms with van der Waals surface area (Å²) in [5, 5.41) is 5.51. The molecule has 1 amide bonds. The topological polar surface area (TPSA) is 54.0 Å². The first-order valence-corrected chi connectivity index (χ1v) is 4.14. The smallest absolute Gasteiger partial charge is 0.234 e. The second kappa shape index (κ2) is 7.29. The number of halogens is 1. The fraction of sp³-hybridized carbons (Fsp3) is 0.333. The van der Waals surface area contributed by atoms with Crippen molar-refractivity contribution in [3.63, 3.8) is 0 Å². The first-order valence-electron chi connectivity index (χ1n) is 4.14. The minimum absolute atomic E-state index is 0. The van der Waals surface area contributed by atoms with Crippen molar-refractivity contribution in [2.45, 2.75) is 6.54 Å². The Kier molecular flexibility index (Phi) is 6.70. The average molecular weight is 216 g/mol. The minimum Gasteiger partial charge on any atom is -0.349 e. The van der Waals surface area contributed by atoms with Crippen LogP contribution in [-0.2, 0) is 11.3 Å². The number of rotatable bonds is 4. The Morgan fingerprint density at radius 2 is 2.29 bits per heavy atom. The maximum Gasteiger partial charge on any atom is 0.234 e. The van der Waals surface area contributed by atoms with E-state index in [-0.39, 0.29) is 18.3 Å². The number of hydrogen-bond acceptors (Lipinski definition) is 3. The minimum atomic E-state index is -0.0202. The summed E-state index contributed by atoms with van der Waals surface area (Å²) >= 11 is 0. The maximum atomic E-state index is 11.0. The third-order valence-electron chi connectivity index (χ3n) is 1.53. The highest BCUT2D eigenvalue weighted by Crippen LogP contribution is 1.91. The molecule has 0 bridgehead atoms. The molecule has 5 heteroatoms. The highest BCUT2D eigenvalue weighted by atomic mass is 35.5. The SMILES string of the molecule is CNCC(=O)NCc1ccccn1.Cl. The van der Waals surface area contributed by atoms with Crippen molar-refractivity contribution >= 4 is 18.3 Å². The third-order valence-corrected chi connectivity index (χ3v) is 1.53. The third kappa shape index (κ3) is 4.79. The zero-order valence-corrected chi connectivity index (χ0v) is 8.80. The summed E-state index contributed by atoms with van der Waals surface area (Å²) in [6.45, 7) is 0.828. The summed E-state index contributed by atoms with van der Waals surface area (Å²) in [5.74, 6) is -0.0202. The molecule has 1 aromatic heterocycles. The average Bonchev–Trinajstić information content (AvgIpc) is 2.17. The van der Waals surface area contributed by atoms with Crippen LogP contribution in [0.4, 0.5) is 0 Å². The fourth-order valence-electron chi connectivity index (χ4n) is 0.915. The van der Waals surface area contributed by atoms with Crippen LogP contribution in [0.5, 0.6) is 0 Å². The van der Waals surface area contributed by atoms with Crippen molar-refractivity contribution in [1.82, 2.24) is 15.6 Å². The lowest BCUT2D eigenvalue weighted by Gasteiger charge is -2.03. The number of nitrogens with zero attached hydrogens (tertiary/aromatic N) is 1. The molecular formula is C9H14ClN3O. The Balaban J connectivity index is 0.00000169. The molecule has 0 saturated carbocycles. The van der Waals surface area contributed by atoms with Gasteiger partial charge in [0.1, 0.15) is 0 Å². The second-order valence-electron chi connectivity index (χ2n) is 2.63. The quantitative estimate of drug-likeness (QED) is 0.762. The summed E-state index contributed by atoms with van der Waals surface area (Å²) in [7, 11) is 1.74. The molecule has 0 saturated heterocycles. The lowest BCUT2D eigenvalue weighted by Crippen LogP contribution is -2.31. The van der Waals surface area contributed by atoms with Gasteiger partial charge in [-0.25, -0.2) is 0 Å². The molecule has 14 heavy (non-hydrogen) atoms. The number of pyridine rings is 1. The zero-order chi connectivity index (χ0) is 9.52. The van der Waals surface area contributed by atoms with Crippen LogP contribution < -0.4 is 10.6 Å². The number of aromatic nitrogens is 1. The normalized spacial score (nSPS) is 8.93. The molecule has 0 aliphatic carbocycles. The van der Waals surface area contributed by atoms with Gasteiger partial charge >= 0.3 is 0 Å². The van der Waals surface area contributed by atoms with E-state index in [1.165, 1.54) is 0 Å². The van der Waals surface area contributed by atoms with Gasteiger partial charge in [-0.3, -0.25) is 9.78 Å². The number of likely N-dealkylation sites (N-methyl/N-ethyl adjacent to an activating group) is 1. The molecule has 0 aromatic carbocycles. The van der Waals surface area contributed by atoms with Gasteiger partial charge in [-0.05, 0) is 19.2 Å². The van der Waals surface area contributed by atoms with E-state index in [1.807, 2.05) is 18.2 Å². The molecule has 2 N–H and O–H groups in total. The van der Waals surface area contributed by atoms with Crippen molar-refractivity contribution in [3.8, 4) is 0 Å². The zero-order valence-electron chi connectivity index (χ0n) is 7.99. The summed E-state index contributed by atoms with van der Waals surface area (Å²) in [6.07, 6.45) is 1.71. The monoisotopic (exact) mass is 215 g/mol. The molecule has 0 fully saturated rings. The van der Waals surface area contributed by atoms with Gasteiger partial charge in [0.15, 0.2) is 0 Å². The van der Waals surface area contributed by atoms with Gasteiger partial charge in [0, 0.05) is 6.20 Å². The number of nitrogens with one attached hydrogen (secondary N) is 2. The molecule has 1 rings (SSSR count). The first kappa shape index (κ1) is 12.9. The molecular weight excluding hydrogens is 202 g/mol. The molecule has 0 spiro atoms. The Morgan fingerprint density at radius 1 is 1.50 bits per heavy atom. The van der Waals surface area contributed by atoms with Crippen LogP contribution in [-0.4, -0.2) is 24.5 Å². The van der Waals surface area contributed by atoms with E-state index >= 15 is 0 Å². The summed E-state index contributed by atoms with van der Waals surface area (Å²) in [6, 6.07) is 5.62. The van der Waals surface area contributed by atoms with E-state index in [9.17, 15) is 4.79 Å². The van der Waals surface area contributed by atoms with Crippen LogP contribution in [0, 0.1) is 0 Å². The van der Waals surface area contributed by atoms with Crippen LogP contribution >= 0.6 is 12.4 Å². The van der Waals surface area contributed by atoms with Gasteiger partial charge in [-0.2, -0.15) is 0 Å². The predicted octanol–water partition coefficient (Wildman–Crippen LogP) is 0.339. The standard InChI is InChI=1S/C9H13N3O.ClH/c1-10-7-9(13)12-6-8-4-2-3-5-11-8;/h2-5,10H,6-7H2,1H3,(H,12,13);1H. The fourth-order valence-corrected chi connectivity index (χ4v) is 0.915. The highest BCUT2D eigenvalue weighted by Gasteiger charge is 1.98. The van der Waals surface area contributed by atoms with E-state index in [0.717, 1.165) is 5.69 Å². The van der Waals surface area contributed by atoms with Gasteiger partial charge in [0.05, 0.1) is 18.8 Å². The predicted molar refractivity (Wildman–Crippen MR) is 57.3 cm³/mol. The summed E-state index contributed by atoms with van der Waals surface area (Å²) < 4.78 is 0. The molecule has 78 valence electrons. The largest absolute Gasteiger partial charge is 0.349 e. The van der Waals surface area contributed by atoms with Crippen molar-refractivity contribution < 1.29 is 4.79 Å². The van der Waals surface area contributed by atoms with Gasteiger partial charge in [-0.1, -0.05) is 6.07 Å². The van der Waals surface area contributed by atoms with Crippen LogP contribution in [0.3, 0.4) is 0 Å². The summed E-state index contributed by atoms with van der Waals surface area (Å²) in [4.78, 5) is 15.1. The van der Waals surface area contributed by atoms with Crippen molar-refractivity contribution in [3.05, 3.63) is 30.1 Å². The number of amides is 1. The lowest BCUT2D eigenvalue weighted by molar-refractivity contribution is -0.120.